The Bertz CT molecular complexity index is 1990. The number of alkyl halides is 2. The predicted octanol–water partition coefficient (Wildman–Crippen LogP) is 5.00. The van der Waals surface area contributed by atoms with Crippen LogP contribution in [0.3, 0.4) is 0 Å². The van der Waals surface area contributed by atoms with Gasteiger partial charge in [-0.05, 0) is 89.0 Å². The first-order chi connectivity index (χ1) is 22.5. The minimum Gasteiger partial charge on any atom is -0.482 e. The lowest BCUT2D eigenvalue weighted by atomic mass is 9.97. The summed E-state index contributed by atoms with van der Waals surface area (Å²) in [6.07, 6.45) is 5.85. The first-order valence-electron chi connectivity index (χ1n) is 16.9. The number of amides is 2. The highest BCUT2D eigenvalue weighted by Crippen LogP contribution is 2.79. The van der Waals surface area contributed by atoms with E-state index in [0.717, 1.165) is 66.8 Å². The van der Waals surface area contributed by atoms with Crippen LogP contribution in [0.5, 0.6) is 5.88 Å². The molecule has 2 aliphatic heterocycles. The minimum absolute atomic E-state index is 0.0168. The average Bonchev–Trinajstić information content (AvgIpc) is 3.97. The fourth-order valence-corrected chi connectivity index (χ4v) is 8.67. The zero-order chi connectivity index (χ0) is 32.6. The number of aromatic nitrogens is 4. The molecule has 1 unspecified atom stereocenters. The van der Waals surface area contributed by atoms with Crippen LogP contribution < -0.4 is 15.8 Å². The number of ether oxygens (including phenoxy) is 1. The summed E-state index contributed by atoms with van der Waals surface area (Å²) < 4.78 is 38.6. The second kappa shape index (κ2) is 9.74. The Labute approximate surface area is 270 Å². The van der Waals surface area contributed by atoms with Crippen molar-refractivity contribution in [1.82, 2.24) is 29.2 Å². The zero-order valence-corrected chi connectivity index (χ0v) is 26.8. The van der Waals surface area contributed by atoms with Crippen molar-refractivity contribution in [2.45, 2.75) is 95.4 Å². The third-order valence-electron chi connectivity index (χ3n) is 11.7. The first kappa shape index (κ1) is 29.1. The number of fused-ring (bicyclic) bond motifs is 4. The van der Waals surface area contributed by atoms with E-state index < -0.39 is 29.2 Å². The highest BCUT2D eigenvalue weighted by molar-refractivity contribution is 5.97. The van der Waals surface area contributed by atoms with Gasteiger partial charge in [-0.15, -0.1) is 0 Å². The van der Waals surface area contributed by atoms with Crippen LogP contribution in [0, 0.1) is 24.2 Å². The lowest BCUT2D eigenvalue weighted by molar-refractivity contribution is -0.125. The van der Waals surface area contributed by atoms with Gasteiger partial charge in [-0.2, -0.15) is 0 Å². The molecule has 2 amide bonds. The van der Waals surface area contributed by atoms with Gasteiger partial charge in [0.2, 0.25) is 5.91 Å². The monoisotopic (exact) mass is 643 g/mol. The number of nitrogens with one attached hydrogen (secondary N) is 1. The molecule has 47 heavy (non-hydrogen) atoms. The normalized spacial score (nSPS) is 27.1. The van der Waals surface area contributed by atoms with Crippen LogP contribution in [0.1, 0.15) is 79.7 Å². The number of hydrogen-bond donors (Lipinski definition) is 2. The molecule has 10 nitrogen and oxygen atoms in total. The minimum atomic E-state index is -2.91. The average molecular weight is 644 g/mol. The standard InChI is InChI=1S/C35H39F2N7O3/c1-17(39-32(45)30-34(10-11-34)35(30,36)37)24-8-6-20-12-26(42(31(20)40-24)16-19-4-5-19)29-18(2)43-27(41-29)13-21(14-28(43)47-3)33(46)44-22-7-9-25(44)23(38)15-22/h6,8,12-14,17,19,22-23,25,30H,4-5,7,9-11,15-16,38H2,1-3H3,(H,39,45)/t17-,22+,23-,25-,30?/m1/s1. The van der Waals surface area contributed by atoms with Gasteiger partial charge in [0.05, 0.1) is 35.6 Å². The molecule has 6 heterocycles. The molecular weight excluding hydrogens is 604 g/mol. The molecule has 5 aliphatic rings. The van der Waals surface area contributed by atoms with Gasteiger partial charge < -0.3 is 25.3 Å². The van der Waals surface area contributed by atoms with Gasteiger partial charge in [0.15, 0.2) is 5.88 Å². The third-order valence-corrected chi connectivity index (χ3v) is 11.7. The number of nitrogens with zero attached hydrogens (tertiary/aromatic N) is 5. The smallest absolute Gasteiger partial charge is 0.266 e. The van der Waals surface area contributed by atoms with Crippen LogP contribution in [0.15, 0.2) is 30.3 Å². The van der Waals surface area contributed by atoms with E-state index in [4.69, 9.17) is 20.4 Å². The number of carbonyl (C=O) groups excluding carboxylic acids is 2. The molecule has 4 aromatic heterocycles. The Kier molecular flexibility index (Phi) is 6.03. The number of rotatable bonds is 8. The van der Waals surface area contributed by atoms with Crippen LogP contribution in [0.25, 0.3) is 28.1 Å². The molecule has 0 radical (unpaired) electrons. The number of nitrogens with two attached hydrogens (primary N) is 1. The maximum absolute atomic E-state index is 14.3. The summed E-state index contributed by atoms with van der Waals surface area (Å²) in [5.41, 5.74) is 10.3. The van der Waals surface area contributed by atoms with Crippen LogP contribution in [0.4, 0.5) is 8.78 Å². The lowest BCUT2D eigenvalue weighted by Crippen LogP contribution is -2.40. The van der Waals surface area contributed by atoms with Gasteiger partial charge in [-0.25, -0.2) is 18.7 Å². The van der Waals surface area contributed by atoms with E-state index in [1.54, 1.807) is 20.1 Å². The van der Waals surface area contributed by atoms with Crippen LogP contribution in [-0.4, -0.2) is 66.8 Å². The molecule has 2 bridgehead atoms. The predicted molar refractivity (Wildman–Crippen MR) is 170 cm³/mol. The molecular formula is C35H39F2N7O3. The molecule has 12 heteroatoms. The molecule has 3 saturated carbocycles. The highest BCUT2D eigenvalue weighted by Gasteiger charge is 2.88. The van der Waals surface area contributed by atoms with Gasteiger partial charge >= 0.3 is 0 Å². The van der Waals surface area contributed by atoms with Crippen molar-refractivity contribution < 1.29 is 23.1 Å². The van der Waals surface area contributed by atoms with Crippen LogP contribution in [-0.2, 0) is 11.3 Å². The summed E-state index contributed by atoms with van der Waals surface area (Å²) >= 11 is 0. The number of aryl methyl sites for hydroxylation is 1. The lowest BCUT2D eigenvalue weighted by Gasteiger charge is -2.23. The summed E-state index contributed by atoms with van der Waals surface area (Å²) in [4.78, 5) is 38.6. The fraction of sp³-hybridized carbons (Fsp3) is 0.543. The van der Waals surface area contributed by atoms with E-state index in [-0.39, 0.29) is 24.0 Å². The largest absolute Gasteiger partial charge is 0.482 e. The zero-order valence-electron chi connectivity index (χ0n) is 26.8. The van der Waals surface area contributed by atoms with Gasteiger partial charge in [-0.3, -0.25) is 14.0 Å². The molecule has 5 atom stereocenters. The quantitative estimate of drug-likeness (QED) is 0.279. The number of hydrogen-bond acceptors (Lipinski definition) is 6. The van der Waals surface area contributed by atoms with Gasteiger partial charge in [0.25, 0.3) is 11.8 Å². The first-order valence-corrected chi connectivity index (χ1v) is 16.9. The van der Waals surface area contributed by atoms with Gasteiger partial charge in [-0.1, -0.05) is 0 Å². The number of imidazole rings is 1. The van der Waals surface area contributed by atoms with E-state index in [1.807, 2.05) is 34.4 Å². The van der Waals surface area contributed by atoms with Crippen molar-refractivity contribution in [2.75, 3.05) is 7.11 Å². The topological polar surface area (TPSA) is 120 Å². The molecule has 1 spiro atoms. The van der Waals surface area contributed by atoms with E-state index >= 15 is 0 Å². The molecule has 246 valence electrons. The second-order valence-corrected chi connectivity index (χ2v) is 14.6. The number of methoxy groups -OCH3 is 1. The van der Waals surface area contributed by atoms with E-state index in [1.165, 1.54) is 0 Å². The summed E-state index contributed by atoms with van der Waals surface area (Å²) in [5.74, 6) is -3.72. The van der Waals surface area contributed by atoms with E-state index in [9.17, 15) is 18.4 Å². The summed E-state index contributed by atoms with van der Waals surface area (Å²) in [6.45, 7) is 4.55. The Hall–Kier alpha value is -4.06. The Morgan fingerprint density at radius 3 is 2.55 bits per heavy atom. The fourth-order valence-electron chi connectivity index (χ4n) is 8.67. The molecule has 3 N–H and O–H groups in total. The summed E-state index contributed by atoms with van der Waals surface area (Å²) in [7, 11) is 1.60. The van der Waals surface area contributed by atoms with Crippen LogP contribution in [0.2, 0.25) is 0 Å². The van der Waals surface area contributed by atoms with E-state index in [0.29, 0.717) is 41.5 Å². The van der Waals surface area contributed by atoms with Crippen molar-refractivity contribution in [2.24, 2.45) is 23.0 Å². The Morgan fingerprint density at radius 1 is 1.13 bits per heavy atom. The molecule has 5 fully saturated rings. The number of carbonyl (C=O) groups is 2. The molecule has 2 saturated heterocycles. The van der Waals surface area contributed by atoms with Crippen molar-refractivity contribution in [1.29, 1.82) is 0 Å². The molecule has 0 aromatic carbocycles. The number of pyridine rings is 2. The van der Waals surface area contributed by atoms with Crippen molar-refractivity contribution >= 4 is 28.5 Å². The maximum atomic E-state index is 14.3. The van der Waals surface area contributed by atoms with Crippen molar-refractivity contribution in [3.05, 3.63) is 47.3 Å². The van der Waals surface area contributed by atoms with E-state index in [2.05, 4.69) is 16.0 Å². The summed E-state index contributed by atoms with van der Waals surface area (Å²) in [6, 6.07) is 9.28. The van der Waals surface area contributed by atoms with Crippen molar-refractivity contribution in [3.8, 4) is 17.3 Å². The summed E-state index contributed by atoms with van der Waals surface area (Å²) in [5, 5.41) is 3.74. The van der Waals surface area contributed by atoms with Gasteiger partial charge in [0.1, 0.15) is 22.9 Å². The van der Waals surface area contributed by atoms with Gasteiger partial charge in [0, 0.05) is 41.7 Å². The molecule has 9 rings (SSSR count). The maximum Gasteiger partial charge on any atom is 0.266 e. The molecule has 4 aromatic rings. The highest BCUT2D eigenvalue weighted by atomic mass is 19.3. The third kappa shape index (κ3) is 4.15. The Morgan fingerprint density at radius 2 is 1.91 bits per heavy atom. The van der Waals surface area contributed by atoms with Crippen LogP contribution >= 0.6 is 0 Å². The SMILES string of the molecule is COc1cc(C(=O)N2[C@H]3CC[C@@H]2[C@H](N)C3)cc2nc(-c3cc4ccc([C@@H](C)NC(=O)C5C(F)(F)C56CC6)nc4n3CC3CC3)c(C)n12. The Balaban J connectivity index is 1.08. The molecule has 3 aliphatic carbocycles. The van der Waals surface area contributed by atoms with Crippen molar-refractivity contribution in [3.63, 3.8) is 0 Å². The number of halogens is 2. The second-order valence-electron chi connectivity index (χ2n) is 14.6.